The maximum atomic E-state index is 2.56. The Morgan fingerprint density at radius 3 is 2.24 bits per heavy atom. The van der Waals surface area contributed by atoms with Crippen molar-refractivity contribution < 1.29 is 0 Å². The maximum Gasteiger partial charge on any atom is 0.0587 e. The molecule has 1 nitrogen and oxygen atoms in total. The van der Waals surface area contributed by atoms with Crippen LogP contribution in [0.4, 0.5) is 5.69 Å². The van der Waals surface area contributed by atoms with Crippen LogP contribution in [0.1, 0.15) is 30.9 Å². The first-order valence-corrected chi connectivity index (χ1v) is 9.35. The molecule has 0 saturated carbocycles. The van der Waals surface area contributed by atoms with Gasteiger partial charge in [-0.2, -0.15) is 0 Å². The van der Waals surface area contributed by atoms with Gasteiger partial charge in [0.1, 0.15) is 0 Å². The van der Waals surface area contributed by atoms with E-state index >= 15 is 0 Å². The van der Waals surface area contributed by atoms with Crippen molar-refractivity contribution in [2.75, 3.05) is 15.9 Å². The van der Waals surface area contributed by atoms with Crippen molar-refractivity contribution in [3.63, 3.8) is 0 Å². The third-order valence-corrected chi connectivity index (χ3v) is 5.16. The minimum absolute atomic E-state index is 0.558. The Hall–Kier alpha value is -1.03. The highest BCUT2D eigenvalue weighted by atomic mass is 127. The number of hydrogen-bond acceptors (Lipinski definition) is 1. The van der Waals surface area contributed by atoms with Crippen LogP contribution < -0.4 is 4.90 Å². The molecule has 0 radical (unpaired) electrons. The summed E-state index contributed by atoms with van der Waals surface area (Å²) in [5.41, 5.74) is 2.82. The number of halogens is 1. The number of unbranched alkanes of at least 4 members (excludes halogenated alkanes) is 1. The fourth-order valence-corrected chi connectivity index (χ4v) is 3.86. The number of rotatable bonds is 6. The number of benzene rings is 2. The fourth-order valence-electron chi connectivity index (χ4n) is 3.32. The van der Waals surface area contributed by atoms with Crippen molar-refractivity contribution >= 4 is 28.3 Å². The van der Waals surface area contributed by atoms with Gasteiger partial charge in [-0.05, 0) is 35.0 Å². The zero-order chi connectivity index (χ0) is 14.5. The van der Waals surface area contributed by atoms with Crippen LogP contribution >= 0.6 is 22.6 Å². The molecule has 0 bridgehead atoms. The molecule has 1 heterocycles. The number of nitrogens with zero attached hydrogens (tertiary/aromatic N) is 1. The van der Waals surface area contributed by atoms with Crippen LogP contribution in [0.3, 0.4) is 0 Å². The van der Waals surface area contributed by atoms with E-state index in [0.717, 1.165) is 5.92 Å². The first-order valence-electron chi connectivity index (χ1n) is 7.83. The summed E-state index contributed by atoms with van der Waals surface area (Å²) in [7, 11) is 0. The number of alkyl halides is 1. The van der Waals surface area contributed by atoms with E-state index in [9.17, 15) is 0 Å². The minimum atomic E-state index is 0.558. The van der Waals surface area contributed by atoms with Gasteiger partial charge in [0.2, 0.25) is 0 Å². The van der Waals surface area contributed by atoms with Crippen LogP contribution in [-0.2, 0) is 0 Å². The molecule has 1 saturated heterocycles. The summed E-state index contributed by atoms with van der Waals surface area (Å²) < 4.78 is 1.28. The molecule has 0 aromatic heterocycles. The van der Waals surface area contributed by atoms with Gasteiger partial charge in [-0.15, -0.1) is 0 Å². The van der Waals surface area contributed by atoms with Gasteiger partial charge < -0.3 is 4.90 Å². The molecule has 0 amide bonds. The van der Waals surface area contributed by atoms with Crippen LogP contribution in [0.25, 0.3) is 0 Å². The average Bonchev–Trinajstić information content (AvgIpc) is 2.52. The predicted molar refractivity (Wildman–Crippen MR) is 99.2 cm³/mol. The van der Waals surface area contributed by atoms with Gasteiger partial charge in [0.25, 0.3) is 0 Å². The summed E-state index contributed by atoms with van der Waals surface area (Å²) in [5, 5.41) is 0. The van der Waals surface area contributed by atoms with Gasteiger partial charge in [-0.3, -0.25) is 0 Å². The van der Waals surface area contributed by atoms with Gasteiger partial charge in [-0.1, -0.05) is 77.5 Å². The largest absolute Gasteiger partial charge is 0.364 e. The highest BCUT2D eigenvalue weighted by molar-refractivity contribution is 14.1. The van der Waals surface area contributed by atoms with E-state index in [1.807, 2.05) is 0 Å². The molecule has 1 aliphatic rings. The molecular formula is C19H22IN. The fraction of sp³-hybridized carbons (Fsp3) is 0.368. The van der Waals surface area contributed by atoms with Gasteiger partial charge >= 0.3 is 0 Å². The van der Waals surface area contributed by atoms with E-state index < -0.39 is 0 Å². The second-order valence-corrected chi connectivity index (χ2v) is 6.87. The SMILES string of the molecule is ICCCC[C@@H]1CN(c2ccccc2)[C@H]1c1ccccc1. The van der Waals surface area contributed by atoms with Crippen LogP contribution in [0.2, 0.25) is 0 Å². The van der Waals surface area contributed by atoms with Crippen LogP contribution in [0, 0.1) is 5.92 Å². The van der Waals surface area contributed by atoms with Crippen LogP contribution in [0.15, 0.2) is 60.7 Å². The first-order chi connectivity index (χ1) is 10.4. The lowest BCUT2D eigenvalue weighted by Crippen LogP contribution is -2.49. The van der Waals surface area contributed by atoms with Crippen LogP contribution in [-0.4, -0.2) is 11.0 Å². The van der Waals surface area contributed by atoms with Gasteiger partial charge in [0.15, 0.2) is 0 Å². The van der Waals surface area contributed by atoms with Gasteiger partial charge in [-0.25, -0.2) is 0 Å². The molecule has 1 fully saturated rings. The minimum Gasteiger partial charge on any atom is -0.364 e. The zero-order valence-corrected chi connectivity index (χ0v) is 14.4. The summed E-state index contributed by atoms with van der Waals surface area (Å²) in [4.78, 5) is 2.56. The molecule has 2 atom stereocenters. The molecular weight excluding hydrogens is 369 g/mol. The Kier molecular flexibility index (Phi) is 5.17. The Morgan fingerprint density at radius 1 is 0.905 bits per heavy atom. The Labute approximate surface area is 141 Å². The third kappa shape index (κ3) is 3.42. The van der Waals surface area contributed by atoms with E-state index in [0.29, 0.717) is 6.04 Å². The summed E-state index contributed by atoms with van der Waals surface area (Å²) >= 11 is 2.48. The van der Waals surface area contributed by atoms with Crippen LogP contribution in [0.5, 0.6) is 0 Å². The molecule has 2 heteroatoms. The first kappa shape index (κ1) is 14.9. The van der Waals surface area contributed by atoms with E-state index in [1.54, 1.807) is 0 Å². The van der Waals surface area contributed by atoms with Crippen molar-refractivity contribution in [2.24, 2.45) is 5.92 Å². The summed E-state index contributed by atoms with van der Waals surface area (Å²) in [6, 6.07) is 22.4. The van der Waals surface area contributed by atoms with Crippen molar-refractivity contribution in [1.29, 1.82) is 0 Å². The standard InChI is InChI=1S/C19H22IN/c20-14-8-7-11-17-15-21(18-12-5-2-6-13-18)19(17)16-9-3-1-4-10-16/h1-6,9-10,12-13,17,19H,7-8,11,14-15H2/t17-,19+/m1/s1. The Bertz CT molecular complexity index is 540. The summed E-state index contributed by atoms with van der Waals surface area (Å²) in [5.74, 6) is 0.801. The Balaban J connectivity index is 1.76. The number of anilines is 1. The average molecular weight is 391 g/mol. The summed E-state index contributed by atoms with van der Waals surface area (Å²) in [6.07, 6.45) is 4.06. The quantitative estimate of drug-likeness (QED) is 0.359. The molecule has 0 N–H and O–H groups in total. The van der Waals surface area contributed by atoms with Gasteiger partial charge in [0.05, 0.1) is 6.04 Å². The molecule has 2 aromatic carbocycles. The highest BCUT2D eigenvalue weighted by Gasteiger charge is 2.39. The molecule has 1 aliphatic heterocycles. The number of hydrogen-bond donors (Lipinski definition) is 0. The molecule has 3 rings (SSSR count). The van der Waals surface area contributed by atoms with Gasteiger partial charge in [0, 0.05) is 18.2 Å². The highest BCUT2D eigenvalue weighted by Crippen LogP contribution is 2.44. The lowest BCUT2D eigenvalue weighted by atomic mass is 9.80. The van der Waals surface area contributed by atoms with Crippen molar-refractivity contribution in [3.8, 4) is 0 Å². The summed E-state index contributed by atoms with van der Waals surface area (Å²) in [6.45, 7) is 1.20. The molecule has 0 unspecified atom stereocenters. The molecule has 0 spiro atoms. The van der Waals surface area contributed by atoms with Crippen molar-refractivity contribution in [2.45, 2.75) is 25.3 Å². The number of para-hydroxylation sites is 1. The Morgan fingerprint density at radius 2 is 1.57 bits per heavy atom. The molecule has 2 aromatic rings. The van der Waals surface area contributed by atoms with E-state index in [2.05, 4.69) is 88.2 Å². The lowest BCUT2D eigenvalue weighted by Gasteiger charge is -2.50. The third-order valence-electron chi connectivity index (χ3n) is 4.40. The smallest absolute Gasteiger partial charge is 0.0587 e. The van der Waals surface area contributed by atoms with E-state index in [-0.39, 0.29) is 0 Å². The van der Waals surface area contributed by atoms with E-state index in [1.165, 1.54) is 41.5 Å². The van der Waals surface area contributed by atoms with Crippen molar-refractivity contribution in [1.82, 2.24) is 0 Å². The predicted octanol–water partition coefficient (Wildman–Crippen LogP) is 5.47. The maximum absolute atomic E-state index is 2.56. The van der Waals surface area contributed by atoms with E-state index in [4.69, 9.17) is 0 Å². The normalized spacial score (nSPS) is 21.1. The van der Waals surface area contributed by atoms with Crippen molar-refractivity contribution in [3.05, 3.63) is 66.2 Å². The second-order valence-electron chi connectivity index (χ2n) is 5.79. The lowest BCUT2D eigenvalue weighted by molar-refractivity contribution is 0.274. The monoisotopic (exact) mass is 391 g/mol. The molecule has 0 aliphatic carbocycles. The second kappa shape index (κ2) is 7.30. The molecule has 110 valence electrons. The zero-order valence-electron chi connectivity index (χ0n) is 12.3. The topological polar surface area (TPSA) is 3.24 Å². The molecule has 21 heavy (non-hydrogen) atoms.